The second-order valence-electron chi connectivity index (χ2n) is 2.25. The van der Waals surface area contributed by atoms with Gasteiger partial charge in [-0.05, 0) is 6.92 Å². The lowest BCUT2D eigenvalue weighted by atomic mass is 10.2. The Bertz CT molecular complexity index is 131. The predicted molar refractivity (Wildman–Crippen MR) is 42.2 cm³/mol. The van der Waals surface area contributed by atoms with Crippen molar-refractivity contribution in [3.05, 3.63) is 12.7 Å². The molecule has 0 aromatic carbocycles. The molecule has 0 aliphatic heterocycles. The third-order valence-electron chi connectivity index (χ3n) is 1.21. The van der Waals surface area contributed by atoms with Crippen molar-refractivity contribution in [2.24, 2.45) is 5.92 Å². The van der Waals surface area contributed by atoms with Gasteiger partial charge in [-0.2, -0.15) is 0 Å². The van der Waals surface area contributed by atoms with Crippen LogP contribution in [0.2, 0.25) is 0 Å². The van der Waals surface area contributed by atoms with Gasteiger partial charge < -0.3 is 9.47 Å². The van der Waals surface area contributed by atoms with Crippen molar-refractivity contribution in [1.82, 2.24) is 0 Å². The standard InChI is InChI=1S/C8H14O3/c1-4-5-11-6-7(2)8(9)10-3/h4,7H,1,5-6H2,2-3H3. The lowest BCUT2D eigenvalue weighted by Crippen LogP contribution is -2.18. The maximum atomic E-state index is 10.8. The third-order valence-corrected chi connectivity index (χ3v) is 1.21. The van der Waals surface area contributed by atoms with Crippen molar-refractivity contribution in [2.75, 3.05) is 20.3 Å². The number of hydrogen-bond acceptors (Lipinski definition) is 3. The molecule has 0 heterocycles. The molecule has 64 valence electrons. The van der Waals surface area contributed by atoms with E-state index in [2.05, 4.69) is 11.3 Å². The largest absolute Gasteiger partial charge is 0.469 e. The maximum Gasteiger partial charge on any atom is 0.310 e. The van der Waals surface area contributed by atoms with E-state index in [9.17, 15) is 4.79 Å². The number of hydrogen-bond donors (Lipinski definition) is 0. The molecule has 0 bridgehead atoms. The van der Waals surface area contributed by atoms with E-state index in [1.165, 1.54) is 7.11 Å². The first-order valence-corrected chi connectivity index (χ1v) is 3.48. The minimum atomic E-state index is -0.242. The molecule has 0 amide bonds. The zero-order chi connectivity index (χ0) is 8.69. The van der Waals surface area contributed by atoms with E-state index < -0.39 is 0 Å². The van der Waals surface area contributed by atoms with Gasteiger partial charge in [-0.25, -0.2) is 0 Å². The summed E-state index contributed by atoms with van der Waals surface area (Å²) < 4.78 is 9.55. The van der Waals surface area contributed by atoms with Gasteiger partial charge in [-0.1, -0.05) is 6.08 Å². The number of methoxy groups -OCH3 is 1. The number of rotatable bonds is 5. The lowest BCUT2D eigenvalue weighted by Gasteiger charge is -2.07. The van der Waals surface area contributed by atoms with Crippen LogP contribution in [0.15, 0.2) is 12.7 Å². The fourth-order valence-corrected chi connectivity index (χ4v) is 0.597. The second kappa shape index (κ2) is 5.92. The highest BCUT2D eigenvalue weighted by molar-refractivity contribution is 5.71. The first-order chi connectivity index (χ1) is 5.22. The summed E-state index contributed by atoms with van der Waals surface area (Å²) in [5.41, 5.74) is 0. The Labute approximate surface area is 67.0 Å². The maximum absolute atomic E-state index is 10.8. The number of esters is 1. The fourth-order valence-electron chi connectivity index (χ4n) is 0.597. The summed E-state index contributed by atoms with van der Waals surface area (Å²) in [5, 5.41) is 0. The third kappa shape index (κ3) is 4.56. The summed E-state index contributed by atoms with van der Waals surface area (Å²) in [6.07, 6.45) is 1.64. The Kier molecular flexibility index (Phi) is 5.47. The van der Waals surface area contributed by atoms with Gasteiger partial charge in [-0.15, -0.1) is 6.58 Å². The number of carbonyl (C=O) groups is 1. The molecule has 1 atom stereocenters. The lowest BCUT2D eigenvalue weighted by molar-refractivity contribution is -0.146. The molecule has 3 nitrogen and oxygen atoms in total. The van der Waals surface area contributed by atoms with Crippen molar-refractivity contribution >= 4 is 5.97 Å². The molecule has 0 N–H and O–H groups in total. The van der Waals surface area contributed by atoms with Crippen molar-refractivity contribution in [3.8, 4) is 0 Å². The first kappa shape index (κ1) is 10.2. The Hall–Kier alpha value is -0.830. The van der Waals surface area contributed by atoms with Crippen molar-refractivity contribution < 1.29 is 14.3 Å². The molecule has 0 saturated heterocycles. The molecule has 0 radical (unpaired) electrons. The summed E-state index contributed by atoms with van der Waals surface area (Å²) in [6, 6.07) is 0. The SMILES string of the molecule is C=CCOCC(C)C(=O)OC. The average molecular weight is 158 g/mol. The van der Waals surface area contributed by atoms with Crippen LogP contribution in [0.25, 0.3) is 0 Å². The molecular weight excluding hydrogens is 144 g/mol. The second-order valence-corrected chi connectivity index (χ2v) is 2.25. The molecule has 0 aromatic rings. The quantitative estimate of drug-likeness (QED) is 0.340. The van der Waals surface area contributed by atoms with E-state index in [4.69, 9.17) is 4.74 Å². The van der Waals surface area contributed by atoms with Gasteiger partial charge in [0.2, 0.25) is 0 Å². The molecule has 0 aliphatic rings. The van der Waals surface area contributed by atoms with E-state index in [0.717, 1.165) is 0 Å². The highest BCUT2D eigenvalue weighted by Crippen LogP contribution is 1.97. The van der Waals surface area contributed by atoms with E-state index in [1.54, 1.807) is 13.0 Å². The van der Waals surface area contributed by atoms with Gasteiger partial charge in [0.1, 0.15) is 0 Å². The first-order valence-electron chi connectivity index (χ1n) is 3.48. The monoisotopic (exact) mass is 158 g/mol. The molecule has 11 heavy (non-hydrogen) atoms. The minimum absolute atomic E-state index is 0.194. The molecule has 0 aromatic heterocycles. The summed E-state index contributed by atoms with van der Waals surface area (Å²) in [5.74, 6) is -0.436. The number of ether oxygens (including phenoxy) is 2. The molecule has 0 fully saturated rings. The molecule has 0 spiro atoms. The van der Waals surface area contributed by atoms with Crippen LogP contribution in [0, 0.1) is 5.92 Å². The van der Waals surface area contributed by atoms with Crippen LogP contribution in [-0.4, -0.2) is 26.3 Å². The van der Waals surface area contributed by atoms with Crippen LogP contribution in [0.1, 0.15) is 6.92 Å². The normalized spacial score (nSPS) is 12.2. The topological polar surface area (TPSA) is 35.5 Å². The minimum Gasteiger partial charge on any atom is -0.469 e. The van der Waals surface area contributed by atoms with Crippen LogP contribution in [0.5, 0.6) is 0 Å². The van der Waals surface area contributed by atoms with E-state index >= 15 is 0 Å². The summed E-state index contributed by atoms with van der Waals surface area (Å²) in [4.78, 5) is 10.8. The van der Waals surface area contributed by atoms with Crippen LogP contribution in [0.4, 0.5) is 0 Å². The zero-order valence-corrected chi connectivity index (χ0v) is 7.00. The molecule has 1 unspecified atom stereocenters. The van der Waals surface area contributed by atoms with Gasteiger partial charge in [0, 0.05) is 0 Å². The van der Waals surface area contributed by atoms with Crippen LogP contribution >= 0.6 is 0 Å². The van der Waals surface area contributed by atoms with Crippen molar-refractivity contribution in [1.29, 1.82) is 0 Å². The molecular formula is C8H14O3. The van der Waals surface area contributed by atoms with Gasteiger partial charge in [0.25, 0.3) is 0 Å². The van der Waals surface area contributed by atoms with Crippen LogP contribution in [-0.2, 0) is 14.3 Å². The Morgan fingerprint density at radius 1 is 1.73 bits per heavy atom. The molecule has 0 saturated carbocycles. The van der Waals surface area contributed by atoms with E-state index in [1.807, 2.05) is 0 Å². The highest BCUT2D eigenvalue weighted by Gasteiger charge is 2.11. The Balaban J connectivity index is 3.43. The van der Waals surface area contributed by atoms with E-state index in [-0.39, 0.29) is 11.9 Å². The van der Waals surface area contributed by atoms with Crippen LogP contribution < -0.4 is 0 Å². The van der Waals surface area contributed by atoms with Gasteiger partial charge in [0.05, 0.1) is 26.2 Å². The van der Waals surface area contributed by atoms with E-state index in [0.29, 0.717) is 13.2 Å². The molecule has 0 aliphatic carbocycles. The zero-order valence-electron chi connectivity index (χ0n) is 7.00. The van der Waals surface area contributed by atoms with Crippen LogP contribution in [0.3, 0.4) is 0 Å². The van der Waals surface area contributed by atoms with Crippen molar-refractivity contribution in [3.63, 3.8) is 0 Å². The summed E-state index contributed by atoms with van der Waals surface area (Å²) in [6.45, 7) is 6.10. The smallest absolute Gasteiger partial charge is 0.310 e. The Morgan fingerprint density at radius 3 is 2.82 bits per heavy atom. The fraction of sp³-hybridized carbons (Fsp3) is 0.625. The molecule has 0 rings (SSSR count). The predicted octanol–water partition coefficient (Wildman–Crippen LogP) is 0.998. The summed E-state index contributed by atoms with van der Waals surface area (Å²) in [7, 11) is 1.37. The Morgan fingerprint density at radius 2 is 2.36 bits per heavy atom. The van der Waals surface area contributed by atoms with Gasteiger partial charge in [0.15, 0.2) is 0 Å². The number of carbonyl (C=O) groups excluding carboxylic acids is 1. The van der Waals surface area contributed by atoms with Crippen molar-refractivity contribution in [2.45, 2.75) is 6.92 Å². The average Bonchev–Trinajstić information content (AvgIpc) is 2.03. The van der Waals surface area contributed by atoms with Gasteiger partial charge in [-0.3, -0.25) is 4.79 Å². The molecule has 3 heteroatoms. The van der Waals surface area contributed by atoms with Gasteiger partial charge >= 0.3 is 5.97 Å². The highest BCUT2D eigenvalue weighted by atomic mass is 16.5. The summed E-state index contributed by atoms with van der Waals surface area (Å²) >= 11 is 0.